The fourth-order valence-electron chi connectivity index (χ4n) is 5.33. The highest BCUT2D eigenvalue weighted by atomic mass is 19.1. The maximum atomic E-state index is 16.0. The van der Waals surface area contributed by atoms with E-state index in [9.17, 15) is 9.59 Å². The Labute approximate surface area is 226 Å². The van der Waals surface area contributed by atoms with Crippen molar-refractivity contribution in [2.45, 2.75) is 52.1 Å². The van der Waals surface area contributed by atoms with E-state index in [1.165, 1.54) is 23.5 Å². The Hall–Kier alpha value is -4.15. The number of nitrogens with one attached hydrogen (secondary N) is 2. The van der Waals surface area contributed by atoms with Crippen LogP contribution in [0.15, 0.2) is 36.9 Å². The molecule has 5 rings (SSSR count). The smallest absolute Gasteiger partial charge is 0.270 e. The summed E-state index contributed by atoms with van der Waals surface area (Å²) in [4.78, 5) is 43.8. The molecule has 1 aliphatic carbocycles. The minimum absolute atomic E-state index is 0.00206. The number of imidazole rings is 1. The molecule has 2 N–H and O–H groups in total. The second kappa shape index (κ2) is 10.9. The van der Waals surface area contributed by atoms with Gasteiger partial charge in [-0.05, 0) is 43.7 Å². The molecule has 1 unspecified atom stereocenters. The lowest BCUT2D eigenvalue weighted by Crippen LogP contribution is -2.36. The van der Waals surface area contributed by atoms with Crippen LogP contribution in [-0.2, 0) is 6.54 Å². The molecule has 4 aromatic heterocycles. The van der Waals surface area contributed by atoms with Crippen LogP contribution in [0.1, 0.15) is 72.2 Å². The molecule has 39 heavy (non-hydrogen) atoms. The van der Waals surface area contributed by atoms with E-state index in [0.717, 1.165) is 25.7 Å². The van der Waals surface area contributed by atoms with Crippen LogP contribution in [0.25, 0.3) is 22.3 Å². The Morgan fingerprint density at radius 2 is 1.95 bits per heavy atom. The second-order valence-electron chi connectivity index (χ2n) is 10.4. The van der Waals surface area contributed by atoms with Crippen molar-refractivity contribution in [1.29, 1.82) is 0 Å². The van der Waals surface area contributed by atoms with E-state index in [1.54, 1.807) is 37.1 Å². The largest absolute Gasteiger partial charge is 0.345 e. The van der Waals surface area contributed by atoms with E-state index in [2.05, 4.69) is 37.3 Å². The van der Waals surface area contributed by atoms with Gasteiger partial charge < -0.3 is 15.2 Å². The number of fused-ring (bicyclic) bond motifs is 1. The summed E-state index contributed by atoms with van der Waals surface area (Å²) in [5.41, 5.74) is 1.57. The predicted octanol–water partition coefficient (Wildman–Crippen LogP) is 4.37. The molecule has 1 aliphatic rings. The van der Waals surface area contributed by atoms with Gasteiger partial charge in [0.05, 0.1) is 23.3 Å². The molecular weight excluding hydrogens is 499 g/mol. The lowest BCUT2D eigenvalue weighted by atomic mass is 9.79. The van der Waals surface area contributed by atoms with Crippen molar-refractivity contribution in [3.05, 3.63) is 59.8 Å². The average molecular weight is 533 g/mol. The molecule has 4 aromatic rings. The van der Waals surface area contributed by atoms with Crippen LogP contribution in [0.2, 0.25) is 0 Å². The number of carbonyl (C=O) groups is 2. The van der Waals surface area contributed by atoms with Gasteiger partial charge in [0, 0.05) is 44.8 Å². The fraction of sp³-hybridized carbons (Fsp3) is 0.429. The number of aromatic nitrogens is 6. The van der Waals surface area contributed by atoms with Gasteiger partial charge in [-0.2, -0.15) is 5.10 Å². The third-order valence-corrected chi connectivity index (χ3v) is 7.56. The molecule has 1 fully saturated rings. The monoisotopic (exact) mass is 532 g/mol. The zero-order valence-electron chi connectivity index (χ0n) is 22.6. The Morgan fingerprint density at radius 3 is 2.67 bits per heavy atom. The molecule has 2 amide bonds. The number of halogens is 1. The number of hydrogen-bond acceptors (Lipinski definition) is 6. The highest BCUT2D eigenvalue weighted by Gasteiger charge is 2.32. The SMILES string of the molecule is CCn1nccc1C(=O)NC(c1nc2c(F)c(-c3cnccc3C(=O)N(C)C)ncc2[nH]1)C1CCC(C)CC1. The number of amides is 2. The van der Waals surface area contributed by atoms with Crippen LogP contribution >= 0.6 is 0 Å². The quantitative estimate of drug-likeness (QED) is 0.364. The van der Waals surface area contributed by atoms with Gasteiger partial charge in [-0.25, -0.2) is 9.37 Å². The zero-order valence-corrected chi connectivity index (χ0v) is 22.6. The number of aromatic amines is 1. The highest BCUT2D eigenvalue weighted by Crippen LogP contribution is 2.37. The van der Waals surface area contributed by atoms with Crippen molar-refractivity contribution in [3.63, 3.8) is 0 Å². The first-order valence-electron chi connectivity index (χ1n) is 13.3. The summed E-state index contributed by atoms with van der Waals surface area (Å²) in [6.07, 6.45) is 9.99. The number of H-pyrrole nitrogens is 1. The first kappa shape index (κ1) is 26.5. The minimum Gasteiger partial charge on any atom is -0.345 e. The average Bonchev–Trinajstić information content (AvgIpc) is 3.60. The van der Waals surface area contributed by atoms with Crippen molar-refractivity contribution in [2.75, 3.05) is 14.1 Å². The van der Waals surface area contributed by atoms with E-state index < -0.39 is 11.9 Å². The molecule has 0 spiro atoms. The standard InChI is InChI=1S/C28H33FN8O2/c1-5-37-21(11-13-32-37)27(38)35-23(17-8-6-16(2)7-9-17)26-33-20-15-31-24(22(29)25(20)34-26)19-14-30-12-10-18(19)28(39)36(3)4/h10-17,23H,5-9H2,1-4H3,(H,33,34)(H,35,38). The van der Waals surface area contributed by atoms with Gasteiger partial charge in [-0.3, -0.25) is 24.2 Å². The van der Waals surface area contributed by atoms with Gasteiger partial charge in [0.15, 0.2) is 5.82 Å². The summed E-state index contributed by atoms with van der Waals surface area (Å²) in [6.45, 7) is 4.73. The molecule has 11 heteroatoms. The number of rotatable bonds is 7. The number of hydrogen-bond donors (Lipinski definition) is 2. The normalized spacial score (nSPS) is 18.2. The topological polar surface area (TPSA) is 122 Å². The van der Waals surface area contributed by atoms with Crippen molar-refractivity contribution < 1.29 is 14.0 Å². The first-order valence-corrected chi connectivity index (χ1v) is 13.3. The highest BCUT2D eigenvalue weighted by molar-refractivity contribution is 6.00. The molecule has 1 saturated carbocycles. The molecule has 10 nitrogen and oxygen atoms in total. The Balaban J connectivity index is 1.54. The third kappa shape index (κ3) is 5.13. The number of aryl methyl sites for hydroxylation is 1. The van der Waals surface area contributed by atoms with Crippen LogP contribution in [-0.4, -0.2) is 60.5 Å². The third-order valence-electron chi connectivity index (χ3n) is 7.56. The Kier molecular flexibility index (Phi) is 7.40. The van der Waals surface area contributed by atoms with Gasteiger partial charge in [0.1, 0.15) is 22.7 Å². The molecule has 0 bridgehead atoms. The summed E-state index contributed by atoms with van der Waals surface area (Å²) < 4.78 is 17.6. The molecule has 0 aromatic carbocycles. The van der Waals surface area contributed by atoms with E-state index in [1.807, 2.05) is 6.92 Å². The van der Waals surface area contributed by atoms with Gasteiger partial charge in [0.25, 0.3) is 11.8 Å². The van der Waals surface area contributed by atoms with Gasteiger partial charge in [-0.15, -0.1) is 0 Å². The lowest BCUT2D eigenvalue weighted by Gasteiger charge is -2.32. The van der Waals surface area contributed by atoms with Gasteiger partial charge in [-0.1, -0.05) is 19.8 Å². The summed E-state index contributed by atoms with van der Waals surface area (Å²) in [7, 11) is 3.26. The van der Waals surface area contributed by atoms with Crippen LogP contribution in [0.5, 0.6) is 0 Å². The summed E-state index contributed by atoms with van der Waals surface area (Å²) in [5, 5.41) is 7.38. The van der Waals surface area contributed by atoms with E-state index >= 15 is 4.39 Å². The van der Waals surface area contributed by atoms with Crippen molar-refractivity contribution in [3.8, 4) is 11.3 Å². The first-order chi connectivity index (χ1) is 18.8. The predicted molar refractivity (Wildman–Crippen MR) is 144 cm³/mol. The van der Waals surface area contributed by atoms with Crippen LogP contribution in [0.3, 0.4) is 0 Å². The summed E-state index contributed by atoms with van der Waals surface area (Å²) >= 11 is 0. The fourth-order valence-corrected chi connectivity index (χ4v) is 5.33. The molecule has 204 valence electrons. The van der Waals surface area contributed by atoms with Crippen molar-refractivity contribution in [1.82, 2.24) is 39.9 Å². The molecule has 1 atom stereocenters. The van der Waals surface area contributed by atoms with E-state index in [4.69, 9.17) is 0 Å². The second-order valence-corrected chi connectivity index (χ2v) is 10.4. The molecule has 0 aliphatic heterocycles. The lowest BCUT2D eigenvalue weighted by molar-refractivity contribution is 0.0827. The van der Waals surface area contributed by atoms with Crippen molar-refractivity contribution in [2.24, 2.45) is 11.8 Å². The van der Waals surface area contributed by atoms with Crippen LogP contribution < -0.4 is 5.32 Å². The van der Waals surface area contributed by atoms with Gasteiger partial charge >= 0.3 is 0 Å². The number of nitrogens with zero attached hydrogens (tertiary/aromatic N) is 6. The van der Waals surface area contributed by atoms with E-state index in [-0.39, 0.29) is 28.9 Å². The van der Waals surface area contributed by atoms with Crippen LogP contribution in [0.4, 0.5) is 4.39 Å². The van der Waals surface area contributed by atoms with Crippen molar-refractivity contribution >= 4 is 22.8 Å². The maximum absolute atomic E-state index is 16.0. The molecule has 0 radical (unpaired) electrons. The maximum Gasteiger partial charge on any atom is 0.270 e. The number of carbonyl (C=O) groups excluding carboxylic acids is 2. The Bertz CT molecular complexity index is 1500. The number of pyridine rings is 2. The Morgan fingerprint density at radius 1 is 1.18 bits per heavy atom. The summed E-state index contributed by atoms with van der Waals surface area (Å²) in [6, 6.07) is 2.80. The summed E-state index contributed by atoms with van der Waals surface area (Å²) in [5.74, 6) is 0.0626. The molecular formula is C28H33FN8O2. The molecule has 0 saturated heterocycles. The minimum atomic E-state index is -0.651. The van der Waals surface area contributed by atoms with Crippen LogP contribution in [0, 0.1) is 17.7 Å². The zero-order chi connectivity index (χ0) is 27.7. The molecule has 4 heterocycles. The van der Waals surface area contributed by atoms with E-state index in [0.29, 0.717) is 40.6 Å². The van der Waals surface area contributed by atoms with Gasteiger partial charge in [0.2, 0.25) is 0 Å².